The Balaban J connectivity index is 2.27. The summed E-state index contributed by atoms with van der Waals surface area (Å²) in [5.41, 5.74) is 3.21. The van der Waals surface area contributed by atoms with Crippen LogP contribution >= 0.6 is 0 Å². The first-order chi connectivity index (χ1) is 11.9. The van der Waals surface area contributed by atoms with Gasteiger partial charge < -0.3 is 0 Å². The second kappa shape index (κ2) is 6.22. The van der Waals surface area contributed by atoms with E-state index in [1.807, 2.05) is 82.3 Å². The molecule has 1 aliphatic rings. The van der Waals surface area contributed by atoms with Crippen LogP contribution in [-0.4, -0.2) is 10.8 Å². The highest BCUT2D eigenvalue weighted by molar-refractivity contribution is 5.98. The van der Waals surface area contributed by atoms with Gasteiger partial charge in [-0.2, -0.15) is 5.26 Å². The normalized spacial score (nSPS) is 19.2. The fourth-order valence-corrected chi connectivity index (χ4v) is 3.72. The fraction of sp³-hybridized carbons (Fsp3) is 0.273. The van der Waals surface area contributed by atoms with E-state index in [0.29, 0.717) is 5.56 Å². The van der Waals surface area contributed by atoms with Crippen LogP contribution in [0.1, 0.15) is 47.8 Å². The van der Waals surface area contributed by atoms with Crippen molar-refractivity contribution in [2.24, 2.45) is 5.92 Å². The van der Waals surface area contributed by atoms with Crippen LogP contribution in [0.25, 0.3) is 6.08 Å². The Hall–Kier alpha value is -2.86. The van der Waals surface area contributed by atoms with Gasteiger partial charge in [-0.3, -0.25) is 9.69 Å². The van der Waals surface area contributed by atoms with Gasteiger partial charge in [-0.1, -0.05) is 56.3 Å². The standard InChI is InChI=1S/C22H22N2O/c1-15(2)22(14-23)20-12-8-6-10-18(20)13-17(4)24(22)21(25)19-11-7-5-9-16(19)3/h5-13,15H,1-4H3. The molecule has 3 heteroatoms. The Labute approximate surface area is 149 Å². The summed E-state index contributed by atoms with van der Waals surface area (Å²) in [7, 11) is 0. The smallest absolute Gasteiger partial charge is 0.259 e. The summed E-state index contributed by atoms with van der Waals surface area (Å²) in [6.07, 6.45) is 1.99. The average molecular weight is 330 g/mol. The second-order valence-corrected chi connectivity index (χ2v) is 6.86. The highest BCUT2D eigenvalue weighted by atomic mass is 16.2. The Morgan fingerprint density at radius 3 is 2.36 bits per heavy atom. The van der Waals surface area contributed by atoms with Gasteiger partial charge in [-0.05, 0) is 48.6 Å². The zero-order chi connectivity index (χ0) is 18.2. The molecule has 1 unspecified atom stereocenters. The number of fused-ring (bicyclic) bond motifs is 1. The molecular weight excluding hydrogens is 308 g/mol. The van der Waals surface area contributed by atoms with Gasteiger partial charge in [0.1, 0.15) is 0 Å². The minimum Gasteiger partial charge on any atom is -0.289 e. The topological polar surface area (TPSA) is 44.1 Å². The molecular formula is C22H22N2O. The number of benzene rings is 2. The third-order valence-electron chi connectivity index (χ3n) is 5.03. The monoisotopic (exact) mass is 330 g/mol. The van der Waals surface area contributed by atoms with E-state index in [0.717, 1.165) is 22.4 Å². The molecule has 1 heterocycles. The van der Waals surface area contributed by atoms with E-state index in [1.165, 1.54) is 0 Å². The van der Waals surface area contributed by atoms with Crippen molar-refractivity contribution in [2.75, 3.05) is 0 Å². The zero-order valence-electron chi connectivity index (χ0n) is 15.1. The van der Waals surface area contributed by atoms with Crippen molar-refractivity contribution < 1.29 is 4.79 Å². The highest BCUT2D eigenvalue weighted by Gasteiger charge is 2.48. The first kappa shape index (κ1) is 17.0. The summed E-state index contributed by atoms with van der Waals surface area (Å²) in [4.78, 5) is 15.1. The Kier molecular flexibility index (Phi) is 4.22. The van der Waals surface area contributed by atoms with Gasteiger partial charge in [0.15, 0.2) is 5.54 Å². The van der Waals surface area contributed by atoms with Crippen LogP contribution in [0.2, 0.25) is 0 Å². The number of nitrogens with zero attached hydrogens (tertiary/aromatic N) is 2. The number of carbonyl (C=O) groups is 1. The predicted octanol–water partition coefficient (Wildman–Crippen LogP) is 4.89. The summed E-state index contributed by atoms with van der Waals surface area (Å²) in [6.45, 7) is 7.82. The number of nitriles is 1. The lowest BCUT2D eigenvalue weighted by Crippen LogP contribution is -2.52. The summed E-state index contributed by atoms with van der Waals surface area (Å²) < 4.78 is 0. The van der Waals surface area contributed by atoms with Crippen molar-refractivity contribution in [2.45, 2.75) is 33.2 Å². The number of hydrogen-bond acceptors (Lipinski definition) is 2. The summed E-state index contributed by atoms with van der Waals surface area (Å²) in [5, 5.41) is 10.2. The van der Waals surface area contributed by atoms with E-state index in [1.54, 1.807) is 4.90 Å². The molecule has 0 aromatic heterocycles. The first-order valence-electron chi connectivity index (χ1n) is 8.52. The van der Waals surface area contributed by atoms with Crippen LogP contribution in [0.3, 0.4) is 0 Å². The van der Waals surface area contributed by atoms with E-state index in [-0.39, 0.29) is 11.8 Å². The molecule has 1 aliphatic heterocycles. The molecule has 0 bridgehead atoms. The maximum absolute atomic E-state index is 13.5. The number of hydrogen-bond donors (Lipinski definition) is 0. The van der Waals surface area contributed by atoms with Crippen LogP contribution in [0.15, 0.2) is 54.2 Å². The largest absolute Gasteiger partial charge is 0.289 e. The Morgan fingerprint density at radius 2 is 1.72 bits per heavy atom. The molecule has 0 fully saturated rings. The van der Waals surface area contributed by atoms with Crippen LogP contribution < -0.4 is 0 Å². The van der Waals surface area contributed by atoms with Gasteiger partial charge in [0, 0.05) is 11.3 Å². The Bertz CT molecular complexity index is 904. The number of rotatable bonds is 2. The molecule has 1 atom stereocenters. The van der Waals surface area contributed by atoms with Gasteiger partial charge in [0.05, 0.1) is 6.07 Å². The SMILES string of the molecule is CC1=Cc2ccccc2C(C#N)(C(C)C)N1C(=O)c1ccccc1C. The molecule has 3 nitrogen and oxygen atoms in total. The van der Waals surface area contributed by atoms with Crippen LogP contribution in [0, 0.1) is 24.2 Å². The number of allylic oxidation sites excluding steroid dienone is 1. The maximum atomic E-state index is 13.5. The van der Waals surface area contributed by atoms with E-state index < -0.39 is 5.54 Å². The molecule has 2 aromatic carbocycles. The van der Waals surface area contributed by atoms with Crippen molar-refractivity contribution in [1.29, 1.82) is 5.26 Å². The molecule has 2 aromatic rings. The second-order valence-electron chi connectivity index (χ2n) is 6.86. The van der Waals surface area contributed by atoms with E-state index in [4.69, 9.17) is 0 Å². The molecule has 0 saturated carbocycles. The minimum atomic E-state index is -1.02. The molecule has 25 heavy (non-hydrogen) atoms. The number of aryl methyl sites for hydroxylation is 1. The van der Waals surface area contributed by atoms with E-state index in [2.05, 4.69) is 6.07 Å². The molecule has 3 rings (SSSR count). The van der Waals surface area contributed by atoms with Gasteiger partial charge >= 0.3 is 0 Å². The molecule has 0 radical (unpaired) electrons. The molecule has 0 saturated heterocycles. The molecule has 0 aliphatic carbocycles. The van der Waals surface area contributed by atoms with Gasteiger partial charge in [0.2, 0.25) is 0 Å². The van der Waals surface area contributed by atoms with Gasteiger partial charge in [-0.25, -0.2) is 0 Å². The van der Waals surface area contributed by atoms with E-state index >= 15 is 0 Å². The highest BCUT2D eigenvalue weighted by Crippen LogP contribution is 2.44. The van der Waals surface area contributed by atoms with Crippen molar-refractivity contribution in [3.05, 3.63) is 76.5 Å². The van der Waals surface area contributed by atoms with Crippen molar-refractivity contribution in [1.82, 2.24) is 4.90 Å². The molecule has 0 N–H and O–H groups in total. The summed E-state index contributed by atoms with van der Waals surface area (Å²) in [6, 6.07) is 17.9. The molecule has 126 valence electrons. The molecule has 1 amide bonds. The quantitative estimate of drug-likeness (QED) is 0.787. The van der Waals surface area contributed by atoms with Gasteiger partial charge in [0.25, 0.3) is 5.91 Å². The van der Waals surface area contributed by atoms with Crippen LogP contribution in [0.4, 0.5) is 0 Å². The van der Waals surface area contributed by atoms with Crippen molar-refractivity contribution in [3.63, 3.8) is 0 Å². The first-order valence-corrected chi connectivity index (χ1v) is 8.52. The van der Waals surface area contributed by atoms with Gasteiger partial charge in [-0.15, -0.1) is 0 Å². The van der Waals surface area contributed by atoms with Crippen LogP contribution in [0.5, 0.6) is 0 Å². The van der Waals surface area contributed by atoms with Crippen LogP contribution in [-0.2, 0) is 5.54 Å². The zero-order valence-corrected chi connectivity index (χ0v) is 15.1. The third-order valence-corrected chi connectivity index (χ3v) is 5.03. The number of carbonyl (C=O) groups excluding carboxylic acids is 1. The fourth-order valence-electron chi connectivity index (χ4n) is 3.72. The lowest BCUT2D eigenvalue weighted by molar-refractivity contribution is 0.0586. The predicted molar refractivity (Wildman–Crippen MR) is 99.6 cm³/mol. The number of amides is 1. The van der Waals surface area contributed by atoms with Crippen molar-refractivity contribution in [3.8, 4) is 6.07 Å². The maximum Gasteiger partial charge on any atom is 0.259 e. The summed E-state index contributed by atoms with van der Waals surface area (Å²) in [5.74, 6) is -0.188. The third kappa shape index (κ3) is 2.46. The minimum absolute atomic E-state index is 0.0599. The van der Waals surface area contributed by atoms with Crippen molar-refractivity contribution >= 4 is 12.0 Å². The average Bonchev–Trinajstić information content (AvgIpc) is 2.60. The summed E-state index contributed by atoms with van der Waals surface area (Å²) >= 11 is 0. The lowest BCUT2D eigenvalue weighted by atomic mass is 9.74. The Morgan fingerprint density at radius 1 is 1.08 bits per heavy atom. The molecule has 0 spiro atoms. The van der Waals surface area contributed by atoms with E-state index in [9.17, 15) is 10.1 Å². The lowest BCUT2D eigenvalue weighted by Gasteiger charge is -2.45.